The zero-order valence-electron chi connectivity index (χ0n) is 10.2. The molecule has 0 radical (unpaired) electrons. The fraction of sp³-hybridized carbons (Fsp3) is 0.429. The number of hydrogen-bond acceptors (Lipinski definition) is 1. The Kier molecular flexibility index (Phi) is 3.04. The lowest BCUT2D eigenvalue weighted by atomic mass is 10.0. The van der Waals surface area contributed by atoms with Crippen LogP contribution in [0.2, 0.25) is 12.6 Å². The Bertz CT molecular complexity index is 376. The number of benzene rings is 1. The van der Waals surface area contributed by atoms with Crippen LogP contribution in [0.25, 0.3) is 0 Å². The average Bonchev–Trinajstić information content (AvgIpc) is 2.30. The van der Waals surface area contributed by atoms with E-state index in [1.54, 1.807) is 0 Å². The van der Waals surface area contributed by atoms with Crippen LogP contribution in [0.1, 0.15) is 19.8 Å². The third-order valence-electron chi connectivity index (χ3n) is 3.60. The monoisotopic (exact) mass is 232 g/mol. The van der Waals surface area contributed by atoms with Crippen LogP contribution in [0.15, 0.2) is 43.0 Å². The van der Waals surface area contributed by atoms with Gasteiger partial charge < -0.3 is 4.43 Å². The maximum Gasteiger partial charge on any atom is 0.222 e. The minimum atomic E-state index is -1.74. The summed E-state index contributed by atoms with van der Waals surface area (Å²) < 4.78 is 6.42. The summed E-state index contributed by atoms with van der Waals surface area (Å²) >= 11 is 0. The molecule has 0 saturated carbocycles. The second-order valence-corrected chi connectivity index (χ2v) is 8.81. The van der Waals surface area contributed by atoms with Crippen LogP contribution in [0, 0.1) is 0 Å². The van der Waals surface area contributed by atoms with E-state index < -0.39 is 8.32 Å². The van der Waals surface area contributed by atoms with Gasteiger partial charge in [-0.15, -0.1) is 6.58 Å². The topological polar surface area (TPSA) is 9.23 Å². The molecule has 1 fully saturated rings. The molecule has 2 heteroatoms. The Morgan fingerprint density at radius 2 is 2.06 bits per heavy atom. The van der Waals surface area contributed by atoms with E-state index in [0.29, 0.717) is 0 Å². The third-order valence-corrected chi connectivity index (χ3v) is 7.38. The largest absolute Gasteiger partial charge is 0.404 e. The summed E-state index contributed by atoms with van der Waals surface area (Å²) in [6, 6.07) is 11.9. The maximum atomic E-state index is 6.42. The molecule has 1 aliphatic rings. The Morgan fingerprint density at radius 1 is 1.38 bits per heavy atom. The quantitative estimate of drug-likeness (QED) is 0.562. The molecule has 0 bridgehead atoms. The van der Waals surface area contributed by atoms with Gasteiger partial charge in [0.05, 0.1) is 5.60 Å². The number of hydrogen-bond donors (Lipinski definition) is 0. The van der Waals surface area contributed by atoms with E-state index in [1.165, 1.54) is 17.7 Å². The molecule has 86 valence electrons. The van der Waals surface area contributed by atoms with E-state index in [0.717, 1.165) is 6.42 Å². The van der Waals surface area contributed by atoms with Crippen LogP contribution < -0.4 is 5.19 Å². The summed E-state index contributed by atoms with van der Waals surface area (Å²) in [7, 11) is -1.74. The molecule has 1 nitrogen and oxygen atoms in total. The molecule has 1 aliphatic heterocycles. The first-order valence-electron chi connectivity index (χ1n) is 5.97. The lowest BCUT2D eigenvalue weighted by Gasteiger charge is -2.42. The van der Waals surface area contributed by atoms with E-state index >= 15 is 0 Å². The van der Waals surface area contributed by atoms with E-state index in [2.05, 4.69) is 50.4 Å². The van der Waals surface area contributed by atoms with Crippen LogP contribution in [-0.4, -0.2) is 13.9 Å². The standard InChI is InChI=1S/C14H20OSi/c1-4-14(2)11-8-12-16(3,15-14)13-9-6-5-7-10-13/h4-7,9-10H,1,8,11-12H2,2-3H3. The van der Waals surface area contributed by atoms with Crippen molar-refractivity contribution in [1.29, 1.82) is 0 Å². The Balaban J connectivity index is 2.29. The Morgan fingerprint density at radius 3 is 2.69 bits per heavy atom. The lowest BCUT2D eigenvalue weighted by molar-refractivity contribution is 0.105. The fourth-order valence-corrected chi connectivity index (χ4v) is 6.00. The molecule has 1 heterocycles. The van der Waals surface area contributed by atoms with Crippen LogP contribution in [0.3, 0.4) is 0 Å². The first-order chi connectivity index (χ1) is 7.58. The van der Waals surface area contributed by atoms with Crippen molar-refractivity contribution in [3.05, 3.63) is 43.0 Å². The van der Waals surface area contributed by atoms with Crippen molar-refractivity contribution < 1.29 is 4.43 Å². The van der Waals surface area contributed by atoms with Gasteiger partial charge in [0.1, 0.15) is 0 Å². The molecule has 1 aromatic rings. The molecule has 2 atom stereocenters. The molecular formula is C14H20OSi. The van der Waals surface area contributed by atoms with Crippen LogP contribution in [0.4, 0.5) is 0 Å². The Labute approximate surface area is 99.3 Å². The Hall–Kier alpha value is -0.863. The smallest absolute Gasteiger partial charge is 0.222 e. The predicted octanol–water partition coefficient (Wildman–Crippen LogP) is 3.22. The molecule has 1 saturated heterocycles. The molecule has 2 rings (SSSR count). The molecule has 0 spiro atoms. The van der Waals surface area contributed by atoms with Gasteiger partial charge in [-0.2, -0.15) is 0 Å². The van der Waals surface area contributed by atoms with E-state index in [9.17, 15) is 0 Å². The number of rotatable bonds is 2. The molecule has 2 unspecified atom stereocenters. The zero-order chi connectivity index (χ0) is 11.6. The summed E-state index contributed by atoms with van der Waals surface area (Å²) in [6.07, 6.45) is 4.33. The molecular weight excluding hydrogens is 212 g/mol. The molecule has 1 aromatic carbocycles. The average molecular weight is 232 g/mol. The highest BCUT2D eigenvalue weighted by molar-refractivity contribution is 6.85. The highest BCUT2D eigenvalue weighted by atomic mass is 28.4. The van der Waals surface area contributed by atoms with Gasteiger partial charge in [-0.05, 0) is 31.1 Å². The van der Waals surface area contributed by atoms with Crippen molar-refractivity contribution >= 4 is 13.5 Å². The van der Waals surface area contributed by atoms with Crippen LogP contribution in [-0.2, 0) is 4.43 Å². The first-order valence-corrected chi connectivity index (χ1v) is 8.59. The molecule has 0 aromatic heterocycles. The van der Waals surface area contributed by atoms with Crippen molar-refractivity contribution in [3.8, 4) is 0 Å². The molecule has 0 aliphatic carbocycles. The second-order valence-electron chi connectivity index (χ2n) is 5.07. The van der Waals surface area contributed by atoms with Gasteiger partial charge in [0.15, 0.2) is 0 Å². The second kappa shape index (κ2) is 4.19. The van der Waals surface area contributed by atoms with Crippen molar-refractivity contribution in [1.82, 2.24) is 0 Å². The van der Waals surface area contributed by atoms with Gasteiger partial charge >= 0.3 is 0 Å². The van der Waals surface area contributed by atoms with Gasteiger partial charge in [-0.1, -0.05) is 42.8 Å². The van der Waals surface area contributed by atoms with Crippen LogP contribution in [0.5, 0.6) is 0 Å². The molecule has 0 N–H and O–H groups in total. The zero-order valence-corrected chi connectivity index (χ0v) is 11.2. The lowest BCUT2D eigenvalue weighted by Crippen LogP contribution is -2.55. The minimum absolute atomic E-state index is 0.116. The van der Waals surface area contributed by atoms with Gasteiger partial charge in [0.2, 0.25) is 8.32 Å². The summed E-state index contributed by atoms with van der Waals surface area (Å²) in [5, 5.41) is 1.41. The summed E-state index contributed by atoms with van der Waals surface area (Å²) in [6.45, 7) is 8.40. The van der Waals surface area contributed by atoms with Crippen molar-refractivity contribution in [2.24, 2.45) is 0 Å². The highest BCUT2D eigenvalue weighted by Gasteiger charge is 2.41. The van der Waals surface area contributed by atoms with Gasteiger partial charge in [-0.25, -0.2) is 0 Å². The normalized spacial score (nSPS) is 34.6. The SMILES string of the molecule is C=CC1(C)CCC[Si](C)(c2ccccc2)O1. The van der Waals surface area contributed by atoms with E-state index in [4.69, 9.17) is 4.43 Å². The van der Waals surface area contributed by atoms with Crippen molar-refractivity contribution in [2.45, 2.75) is 38.0 Å². The molecule has 16 heavy (non-hydrogen) atoms. The van der Waals surface area contributed by atoms with Crippen molar-refractivity contribution in [3.63, 3.8) is 0 Å². The van der Waals surface area contributed by atoms with Gasteiger partial charge in [-0.3, -0.25) is 0 Å². The van der Waals surface area contributed by atoms with Crippen LogP contribution >= 0.6 is 0 Å². The third kappa shape index (κ3) is 2.13. The summed E-state index contributed by atoms with van der Waals surface area (Å²) in [5.74, 6) is 0. The van der Waals surface area contributed by atoms with Gasteiger partial charge in [0.25, 0.3) is 0 Å². The first kappa shape index (κ1) is 11.6. The summed E-state index contributed by atoms with van der Waals surface area (Å²) in [4.78, 5) is 0. The highest BCUT2D eigenvalue weighted by Crippen LogP contribution is 2.33. The maximum absolute atomic E-state index is 6.42. The molecule has 0 amide bonds. The predicted molar refractivity (Wildman–Crippen MR) is 71.4 cm³/mol. The van der Waals surface area contributed by atoms with Crippen molar-refractivity contribution in [2.75, 3.05) is 0 Å². The minimum Gasteiger partial charge on any atom is -0.404 e. The van der Waals surface area contributed by atoms with E-state index in [-0.39, 0.29) is 5.60 Å². The van der Waals surface area contributed by atoms with Gasteiger partial charge in [0, 0.05) is 0 Å². The summed E-state index contributed by atoms with van der Waals surface area (Å²) in [5.41, 5.74) is -0.116. The van der Waals surface area contributed by atoms with E-state index in [1.807, 2.05) is 6.08 Å². The fourth-order valence-electron chi connectivity index (χ4n) is 2.53.